The SMILES string of the molecule is CNC(=O)C1C[C@]23[C@H](CC(=O)[C@@H]2[C@H]1CC(=O)OC)C[C@@H](C)C[C@@H]3OCc1ccccc1. The van der Waals surface area contributed by atoms with Crippen molar-refractivity contribution in [3.63, 3.8) is 0 Å². The summed E-state index contributed by atoms with van der Waals surface area (Å²) in [6, 6.07) is 10.1. The second-order valence-corrected chi connectivity index (χ2v) is 9.69. The molecule has 3 saturated carbocycles. The van der Waals surface area contributed by atoms with E-state index in [2.05, 4.69) is 12.2 Å². The molecule has 31 heavy (non-hydrogen) atoms. The van der Waals surface area contributed by atoms with Gasteiger partial charge in [0.1, 0.15) is 5.78 Å². The van der Waals surface area contributed by atoms with Crippen LogP contribution < -0.4 is 5.32 Å². The normalized spacial score (nSPS) is 36.5. The van der Waals surface area contributed by atoms with E-state index >= 15 is 0 Å². The number of carbonyl (C=O) groups excluding carboxylic acids is 3. The summed E-state index contributed by atoms with van der Waals surface area (Å²) in [5.41, 5.74) is 0.718. The zero-order valence-electron chi connectivity index (χ0n) is 18.6. The van der Waals surface area contributed by atoms with Gasteiger partial charge in [-0.25, -0.2) is 0 Å². The summed E-state index contributed by atoms with van der Waals surface area (Å²) < 4.78 is 11.5. The van der Waals surface area contributed by atoms with Crippen LogP contribution in [0.3, 0.4) is 0 Å². The van der Waals surface area contributed by atoms with Gasteiger partial charge in [-0.2, -0.15) is 0 Å². The number of carbonyl (C=O) groups is 3. The molecule has 1 amide bonds. The van der Waals surface area contributed by atoms with Crippen molar-refractivity contribution in [3.8, 4) is 0 Å². The quantitative estimate of drug-likeness (QED) is 0.706. The monoisotopic (exact) mass is 427 g/mol. The third-order valence-corrected chi connectivity index (χ3v) is 8.06. The number of rotatable bonds is 6. The third-order valence-electron chi connectivity index (χ3n) is 8.06. The van der Waals surface area contributed by atoms with E-state index in [4.69, 9.17) is 9.47 Å². The first-order chi connectivity index (χ1) is 14.9. The lowest BCUT2D eigenvalue weighted by Crippen LogP contribution is -2.48. The highest BCUT2D eigenvalue weighted by atomic mass is 16.5. The Bertz CT molecular complexity index is 840. The fraction of sp³-hybridized carbons (Fsp3) is 0.640. The van der Waals surface area contributed by atoms with Crippen LogP contribution in [-0.4, -0.2) is 37.9 Å². The molecule has 1 N–H and O–H groups in total. The molecule has 3 aliphatic carbocycles. The summed E-state index contributed by atoms with van der Waals surface area (Å²) in [5.74, 6) is -0.647. The zero-order chi connectivity index (χ0) is 22.2. The van der Waals surface area contributed by atoms with E-state index < -0.39 is 0 Å². The Kier molecular flexibility index (Phi) is 6.20. The average Bonchev–Trinajstić information content (AvgIpc) is 3.25. The lowest BCUT2D eigenvalue weighted by atomic mass is 9.60. The van der Waals surface area contributed by atoms with E-state index in [1.54, 1.807) is 7.05 Å². The van der Waals surface area contributed by atoms with Crippen molar-refractivity contribution in [2.45, 2.75) is 51.7 Å². The molecule has 1 unspecified atom stereocenters. The van der Waals surface area contributed by atoms with Gasteiger partial charge in [-0.15, -0.1) is 0 Å². The number of benzene rings is 1. The van der Waals surface area contributed by atoms with Crippen molar-refractivity contribution in [1.82, 2.24) is 5.32 Å². The Labute approximate surface area is 184 Å². The summed E-state index contributed by atoms with van der Waals surface area (Å²) in [6.07, 6.45) is 2.96. The first kappa shape index (κ1) is 22.0. The smallest absolute Gasteiger partial charge is 0.305 e. The molecule has 4 rings (SSSR count). The minimum Gasteiger partial charge on any atom is -0.469 e. The Hall–Kier alpha value is -2.21. The molecule has 3 fully saturated rings. The molecular weight excluding hydrogens is 394 g/mol. The molecule has 3 aliphatic rings. The van der Waals surface area contributed by atoms with Crippen molar-refractivity contribution in [1.29, 1.82) is 0 Å². The predicted molar refractivity (Wildman–Crippen MR) is 115 cm³/mol. The highest BCUT2D eigenvalue weighted by Crippen LogP contribution is 2.67. The number of hydrogen-bond donors (Lipinski definition) is 1. The van der Waals surface area contributed by atoms with Crippen LogP contribution >= 0.6 is 0 Å². The fourth-order valence-electron chi connectivity index (χ4n) is 6.88. The van der Waals surface area contributed by atoms with Crippen LogP contribution in [0.25, 0.3) is 0 Å². The van der Waals surface area contributed by atoms with E-state index in [0.29, 0.717) is 25.4 Å². The van der Waals surface area contributed by atoms with Crippen LogP contribution in [0.1, 0.15) is 44.6 Å². The molecule has 0 radical (unpaired) electrons. The number of ketones is 1. The minimum absolute atomic E-state index is 0.0929. The summed E-state index contributed by atoms with van der Waals surface area (Å²) >= 11 is 0. The molecule has 0 heterocycles. The number of hydrogen-bond acceptors (Lipinski definition) is 5. The summed E-state index contributed by atoms with van der Waals surface area (Å²) in [7, 11) is 2.98. The lowest BCUT2D eigenvalue weighted by Gasteiger charge is -2.48. The number of esters is 1. The molecule has 0 bridgehead atoms. The van der Waals surface area contributed by atoms with E-state index in [-0.39, 0.29) is 59.3 Å². The number of Topliss-reactive ketones (excluding diaryl/α,β-unsaturated/α-hetero) is 1. The number of ether oxygens (including phenoxy) is 2. The molecule has 168 valence electrons. The third kappa shape index (κ3) is 3.79. The Morgan fingerprint density at radius 1 is 1.19 bits per heavy atom. The number of amides is 1. The summed E-state index contributed by atoms with van der Waals surface area (Å²) in [6.45, 7) is 2.71. The standard InChI is InChI=1S/C25H33NO5/c1-15-9-17-11-20(27)23-18(12-22(28)30-3)19(24(29)26-2)13-25(17,23)21(10-15)31-14-16-7-5-4-6-8-16/h4-8,15,17-19,21,23H,9-14H2,1-3H3,(H,26,29)/t15-,17+,18+,19?,21+,23+,25-/m1/s1. The van der Waals surface area contributed by atoms with E-state index in [1.807, 2.05) is 30.3 Å². The number of methoxy groups -OCH3 is 1. The van der Waals surface area contributed by atoms with Crippen LogP contribution in [0.15, 0.2) is 30.3 Å². The van der Waals surface area contributed by atoms with Crippen molar-refractivity contribution in [2.24, 2.45) is 35.0 Å². The van der Waals surface area contributed by atoms with Gasteiger partial charge in [0.05, 0.1) is 19.8 Å². The van der Waals surface area contributed by atoms with Gasteiger partial charge in [-0.1, -0.05) is 37.3 Å². The topological polar surface area (TPSA) is 81.7 Å². The molecule has 6 nitrogen and oxygen atoms in total. The molecule has 0 saturated heterocycles. The maximum Gasteiger partial charge on any atom is 0.305 e. The first-order valence-electron chi connectivity index (χ1n) is 11.4. The maximum absolute atomic E-state index is 13.3. The van der Waals surface area contributed by atoms with E-state index in [9.17, 15) is 14.4 Å². The second-order valence-electron chi connectivity index (χ2n) is 9.69. The molecule has 0 aromatic heterocycles. The maximum atomic E-state index is 13.3. The second kappa shape index (κ2) is 8.73. The van der Waals surface area contributed by atoms with Gasteiger partial charge in [0.2, 0.25) is 5.91 Å². The predicted octanol–water partition coefficient (Wildman–Crippen LogP) is 3.14. The largest absolute Gasteiger partial charge is 0.469 e. The van der Waals surface area contributed by atoms with E-state index in [1.165, 1.54) is 7.11 Å². The van der Waals surface area contributed by atoms with E-state index in [0.717, 1.165) is 18.4 Å². The van der Waals surface area contributed by atoms with Crippen LogP contribution in [0.2, 0.25) is 0 Å². The van der Waals surface area contributed by atoms with Crippen molar-refractivity contribution in [3.05, 3.63) is 35.9 Å². The van der Waals surface area contributed by atoms with Crippen molar-refractivity contribution >= 4 is 17.7 Å². The molecule has 0 aliphatic heterocycles. The van der Waals surface area contributed by atoms with Gasteiger partial charge in [-0.3, -0.25) is 14.4 Å². The minimum atomic E-state index is -0.381. The lowest BCUT2D eigenvalue weighted by molar-refractivity contribution is -0.145. The molecule has 1 aromatic rings. The van der Waals surface area contributed by atoms with Gasteiger partial charge >= 0.3 is 5.97 Å². The molecular formula is C25H33NO5. The first-order valence-corrected chi connectivity index (χ1v) is 11.4. The molecule has 1 spiro atoms. The van der Waals surface area contributed by atoms with Crippen LogP contribution in [0, 0.1) is 35.0 Å². The van der Waals surface area contributed by atoms with Crippen molar-refractivity contribution < 1.29 is 23.9 Å². The van der Waals surface area contributed by atoms with Crippen LogP contribution in [-0.2, 0) is 30.5 Å². The van der Waals surface area contributed by atoms with Gasteiger partial charge in [0.25, 0.3) is 0 Å². The highest BCUT2D eigenvalue weighted by Gasteiger charge is 2.69. The summed E-state index contributed by atoms with van der Waals surface area (Å²) in [4.78, 5) is 38.4. The van der Waals surface area contributed by atoms with Gasteiger partial charge in [-0.05, 0) is 42.6 Å². The molecule has 6 heteroatoms. The number of nitrogens with one attached hydrogen (secondary N) is 1. The van der Waals surface area contributed by atoms with Crippen LogP contribution in [0.4, 0.5) is 0 Å². The van der Waals surface area contributed by atoms with Gasteiger partial charge in [0.15, 0.2) is 0 Å². The summed E-state index contributed by atoms with van der Waals surface area (Å²) in [5, 5.41) is 2.76. The average molecular weight is 428 g/mol. The molecule has 7 atom stereocenters. The fourth-order valence-corrected chi connectivity index (χ4v) is 6.88. The van der Waals surface area contributed by atoms with Gasteiger partial charge in [0, 0.05) is 37.1 Å². The van der Waals surface area contributed by atoms with Crippen molar-refractivity contribution in [2.75, 3.05) is 14.2 Å². The van der Waals surface area contributed by atoms with Crippen LogP contribution in [0.5, 0.6) is 0 Å². The Morgan fingerprint density at radius 2 is 1.94 bits per heavy atom. The Morgan fingerprint density at radius 3 is 2.61 bits per heavy atom. The van der Waals surface area contributed by atoms with Gasteiger partial charge < -0.3 is 14.8 Å². The molecule has 1 aromatic carbocycles. The zero-order valence-corrected chi connectivity index (χ0v) is 18.6. The Balaban J connectivity index is 1.69. The highest BCUT2D eigenvalue weighted by molar-refractivity contribution is 5.89.